The maximum absolute atomic E-state index is 11.1. The second-order valence-electron chi connectivity index (χ2n) is 4.96. The van der Waals surface area contributed by atoms with Crippen molar-refractivity contribution < 1.29 is 15.0 Å². The number of aryl methyl sites for hydroxylation is 1. The number of aliphatic carboxylic acids is 1. The van der Waals surface area contributed by atoms with Crippen molar-refractivity contribution in [3.63, 3.8) is 0 Å². The van der Waals surface area contributed by atoms with Crippen molar-refractivity contribution in [3.05, 3.63) is 70.8 Å². The molecule has 3 heteroatoms. The third-order valence-electron chi connectivity index (χ3n) is 3.42. The van der Waals surface area contributed by atoms with E-state index in [1.54, 1.807) is 0 Å². The molecule has 0 aliphatic rings. The topological polar surface area (TPSA) is 57.5 Å². The normalized spacial score (nSPS) is 12.1. The molecule has 2 aromatic rings. The van der Waals surface area contributed by atoms with Crippen molar-refractivity contribution in [1.29, 1.82) is 0 Å². The van der Waals surface area contributed by atoms with Gasteiger partial charge in [-0.25, -0.2) is 0 Å². The molecule has 2 rings (SSSR count). The SMILES string of the molecule is Cc1ccc(C(CC(=O)O)c2ccc(CO)cc2)cc1. The minimum Gasteiger partial charge on any atom is -0.481 e. The summed E-state index contributed by atoms with van der Waals surface area (Å²) in [5, 5.41) is 18.2. The van der Waals surface area contributed by atoms with E-state index in [0.717, 1.165) is 22.3 Å². The summed E-state index contributed by atoms with van der Waals surface area (Å²) >= 11 is 0. The largest absolute Gasteiger partial charge is 0.481 e. The van der Waals surface area contributed by atoms with Crippen molar-refractivity contribution in [1.82, 2.24) is 0 Å². The van der Waals surface area contributed by atoms with Gasteiger partial charge in [0.2, 0.25) is 0 Å². The molecule has 2 aromatic carbocycles. The molecule has 0 radical (unpaired) electrons. The quantitative estimate of drug-likeness (QED) is 0.877. The summed E-state index contributed by atoms with van der Waals surface area (Å²) in [4.78, 5) is 11.1. The van der Waals surface area contributed by atoms with Crippen LogP contribution in [0.5, 0.6) is 0 Å². The molecule has 1 atom stereocenters. The first kappa shape index (κ1) is 14.3. The van der Waals surface area contributed by atoms with Gasteiger partial charge in [-0.1, -0.05) is 54.1 Å². The fourth-order valence-electron chi connectivity index (χ4n) is 2.26. The molecule has 0 aromatic heterocycles. The average Bonchev–Trinajstić information content (AvgIpc) is 2.46. The number of hydrogen-bond acceptors (Lipinski definition) is 2. The smallest absolute Gasteiger partial charge is 0.304 e. The molecule has 0 spiro atoms. The van der Waals surface area contributed by atoms with Gasteiger partial charge in [0, 0.05) is 5.92 Å². The summed E-state index contributed by atoms with van der Waals surface area (Å²) in [5.41, 5.74) is 3.92. The second-order valence-corrected chi connectivity index (χ2v) is 4.96. The van der Waals surface area contributed by atoms with E-state index in [-0.39, 0.29) is 18.9 Å². The molecule has 2 N–H and O–H groups in total. The highest BCUT2D eigenvalue weighted by atomic mass is 16.4. The van der Waals surface area contributed by atoms with Crippen LogP contribution < -0.4 is 0 Å². The zero-order valence-corrected chi connectivity index (χ0v) is 11.4. The predicted molar refractivity (Wildman–Crippen MR) is 77.6 cm³/mol. The Morgan fingerprint density at radius 1 is 1.00 bits per heavy atom. The van der Waals surface area contributed by atoms with Gasteiger partial charge >= 0.3 is 5.97 Å². The number of aliphatic hydroxyl groups excluding tert-OH is 1. The predicted octanol–water partition coefficient (Wildman–Crippen LogP) is 3.09. The van der Waals surface area contributed by atoms with E-state index in [0.29, 0.717) is 0 Å². The first-order valence-electron chi connectivity index (χ1n) is 6.58. The van der Waals surface area contributed by atoms with Crippen LogP contribution in [0.4, 0.5) is 0 Å². The number of hydrogen-bond donors (Lipinski definition) is 2. The summed E-state index contributed by atoms with van der Waals surface area (Å²) in [6.45, 7) is 2.00. The van der Waals surface area contributed by atoms with Crippen LogP contribution in [0, 0.1) is 6.92 Å². The standard InChI is InChI=1S/C17H18O3/c1-12-2-6-14(7-3-12)16(10-17(19)20)15-8-4-13(11-18)5-9-15/h2-9,16,18H,10-11H2,1H3,(H,19,20). The summed E-state index contributed by atoms with van der Waals surface area (Å²) in [6, 6.07) is 15.4. The number of benzene rings is 2. The Balaban J connectivity index is 2.35. The molecule has 0 heterocycles. The summed E-state index contributed by atoms with van der Waals surface area (Å²) < 4.78 is 0. The second kappa shape index (κ2) is 6.35. The monoisotopic (exact) mass is 270 g/mol. The summed E-state index contributed by atoms with van der Waals surface area (Å²) in [6.07, 6.45) is 0.0571. The van der Waals surface area contributed by atoms with Gasteiger partial charge in [0.15, 0.2) is 0 Å². The lowest BCUT2D eigenvalue weighted by molar-refractivity contribution is -0.137. The Labute approximate surface area is 118 Å². The molecule has 1 unspecified atom stereocenters. The Morgan fingerprint density at radius 3 is 1.95 bits per heavy atom. The van der Waals surface area contributed by atoms with Crippen LogP contribution in [0.3, 0.4) is 0 Å². The molecule has 0 amide bonds. The molecule has 0 aliphatic carbocycles. The highest BCUT2D eigenvalue weighted by molar-refractivity contribution is 5.69. The average molecular weight is 270 g/mol. The molecule has 104 valence electrons. The zero-order valence-electron chi connectivity index (χ0n) is 11.4. The third kappa shape index (κ3) is 3.45. The molecule has 0 fully saturated rings. The van der Waals surface area contributed by atoms with Gasteiger partial charge in [-0.05, 0) is 23.6 Å². The van der Waals surface area contributed by atoms with Crippen LogP contribution in [0.1, 0.15) is 34.6 Å². The molecule has 0 saturated carbocycles. The van der Waals surface area contributed by atoms with Gasteiger partial charge in [-0.2, -0.15) is 0 Å². The number of rotatable bonds is 5. The van der Waals surface area contributed by atoms with E-state index in [2.05, 4.69) is 0 Å². The molecule has 0 bridgehead atoms. The first-order valence-corrected chi connectivity index (χ1v) is 6.58. The maximum Gasteiger partial charge on any atom is 0.304 e. The van der Waals surface area contributed by atoms with E-state index in [1.165, 1.54) is 0 Å². The number of carboxylic acids is 1. The number of carbonyl (C=O) groups is 1. The number of aliphatic hydroxyl groups is 1. The van der Waals surface area contributed by atoms with Crippen molar-refractivity contribution >= 4 is 5.97 Å². The Morgan fingerprint density at radius 2 is 1.50 bits per heavy atom. The Kier molecular flexibility index (Phi) is 4.53. The minimum absolute atomic E-state index is 0.00555. The van der Waals surface area contributed by atoms with Crippen molar-refractivity contribution in [2.75, 3.05) is 0 Å². The summed E-state index contributed by atoms with van der Waals surface area (Å²) in [7, 11) is 0. The molecule has 0 aliphatic heterocycles. The third-order valence-corrected chi connectivity index (χ3v) is 3.42. The van der Waals surface area contributed by atoms with Gasteiger partial charge in [0.25, 0.3) is 0 Å². The number of carboxylic acid groups (broad SMARTS) is 1. The van der Waals surface area contributed by atoms with Crippen LogP contribution >= 0.6 is 0 Å². The van der Waals surface area contributed by atoms with E-state index in [9.17, 15) is 4.79 Å². The van der Waals surface area contributed by atoms with Crippen LogP contribution in [0.25, 0.3) is 0 Å². The lowest BCUT2D eigenvalue weighted by atomic mass is 9.88. The highest BCUT2D eigenvalue weighted by Gasteiger charge is 2.17. The minimum atomic E-state index is -0.818. The Hall–Kier alpha value is -2.13. The van der Waals surface area contributed by atoms with Gasteiger partial charge in [0.1, 0.15) is 0 Å². The maximum atomic E-state index is 11.1. The fraction of sp³-hybridized carbons (Fsp3) is 0.235. The van der Waals surface area contributed by atoms with Gasteiger partial charge in [0.05, 0.1) is 13.0 Å². The van der Waals surface area contributed by atoms with E-state index >= 15 is 0 Å². The van der Waals surface area contributed by atoms with E-state index in [4.69, 9.17) is 10.2 Å². The lowest BCUT2D eigenvalue weighted by Gasteiger charge is -2.16. The molecule has 20 heavy (non-hydrogen) atoms. The van der Waals surface area contributed by atoms with Gasteiger partial charge < -0.3 is 10.2 Å². The van der Waals surface area contributed by atoms with E-state index in [1.807, 2.05) is 55.5 Å². The Bertz CT molecular complexity index is 570. The molecule has 3 nitrogen and oxygen atoms in total. The highest BCUT2D eigenvalue weighted by Crippen LogP contribution is 2.28. The zero-order chi connectivity index (χ0) is 14.5. The van der Waals surface area contributed by atoms with Gasteiger partial charge in [-0.3, -0.25) is 4.79 Å². The van der Waals surface area contributed by atoms with E-state index < -0.39 is 5.97 Å². The molecular formula is C17H18O3. The van der Waals surface area contributed by atoms with Crippen LogP contribution in [-0.4, -0.2) is 16.2 Å². The molecular weight excluding hydrogens is 252 g/mol. The first-order chi connectivity index (χ1) is 9.60. The lowest BCUT2D eigenvalue weighted by Crippen LogP contribution is -2.08. The van der Waals surface area contributed by atoms with Crippen molar-refractivity contribution in [2.24, 2.45) is 0 Å². The van der Waals surface area contributed by atoms with Crippen LogP contribution in [-0.2, 0) is 11.4 Å². The van der Waals surface area contributed by atoms with Crippen molar-refractivity contribution in [2.45, 2.75) is 25.9 Å². The van der Waals surface area contributed by atoms with Gasteiger partial charge in [-0.15, -0.1) is 0 Å². The summed E-state index contributed by atoms with van der Waals surface area (Å²) in [5.74, 6) is -0.984. The van der Waals surface area contributed by atoms with Crippen LogP contribution in [0.2, 0.25) is 0 Å². The molecule has 0 saturated heterocycles. The van der Waals surface area contributed by atoms with Crippen LogP contribution in [0.15, 0.2) is 48.5 Å². The fourth-order valence-corrected chi connectivity index (χ4v) is 2.26. The van der Waals surface area contributed by atoms with Crippen molar-refractivity contribution in [3.8, 4) is 0 Å².